The van der Waals surface area contributed by atoms with Crippen LogP contribution in [0.15, 0.2) is 29.8 Å². The number of hydrogen-bond donors (Lipinski definition) is 4. The molecule has 0 unspecified atom stereocenters. The number of benzene rings is 1. The van der Waals surface area contributed by atoms with Crippen LogP contribution in [-0.2, 0) is 30.5 Å². The van der Waals surface area contributed by atoms with Crippen LogP contribution in [-0.4, -0.2) is 76.6 Å². The van der Waals surface area contributed by atoms with Crippen molar-refractivity contribution in [2.45, 2.75) is 124 Å². The Morgan fingerprint density at radius 2 is 1.73 bits per heavy atom. The number of carbonyl (C=O) groups is 4. The topological polar surface area (TPSA) is 164 Å². The van der Waals surface area contributed by atoms with Gasteiger partial charge in [-0.25, -0.2) is 4.98 Å². The van der Waals surface area contributed by atoms with Crippen LogP contribution >= 0.6 is 11.3 Å². The van der Waals surface area contributed by atoms with Crippen LogP contribution in [0.2, 0.25) is 0 Å². The van der Waals surface area contributed by atoms with Crippen molar-refractivity contribution in [1.29, 1.82) is 0 Å². The van der Waals surface area contributed by atoms with Gasteiger partial charge in [0.25, 0.3) is 0 Å². The molecule has 1 aromatic heterocycles. The van der Waals surface area contributed by atoms with Gasteiger partial charge in [0, 0.05) is 45.6 Å². The smallest absolute Gasteiger partial charge is 0.246 e. The van der Waals surface area contributed by atoms with Crippen LogP contribution in [0.25, 0.3) is 10.4 Å². The molecule has 1 saturated heterocycles. The zero-order chi connectivity index (χ0) is 36.0. The second-order valence-electron chi connectivity index (χ2n) is 14.5. The molecule has 1 fully saturated rings. The van der Waals surface area contributed by atoms with E-state index in [4.69, 9.17) is 10.5 Å². The maximum absolute atomic E-state index is 13.8. The Labute approximate surface area is 295 Å². The Kier molecular flexibility index (Phi) is 16.1. The minimum atomic E-state index is -0.832. The zero-order valence-corrected chi connectivity index (χ0v) is 30.8. The fourth-order valence-electron chi connectivity index (χ4n) is 5.97. The molecule has 12 heteroatoms. The summed E-state index contributed by atoms with van der Waals surface area (Å²) in [5.41, 5.74) is 9.39. The van der Waals surface area contributed by atoms with Gasteiger partial charge in [0.05, 0.1) is 22.2 Å². The quantitative estimate of drug-likeness (QED) is 0.143. The third-order valence-electron chi connectivity index (χ3n) is 8.94. The number of aryl methyl sites for hydroxylation is 1. The van der Waals surface area contributed by atoms with E-state index in [9.17, 15) is 24.3 Å². The summed E-state index contributed by atoms with van der Waals surface area (Å²) in [5, 5.41) is 16.4. The highest BCUT2D eigenvalue weighted by molar-refractivity contribution is 7.13. The number of carbonyl (C=O) groups excluding carboxylic acids is 4. The number of β-amino-alcohol motifs (C(OH)–C–C–N with tert-alkyl or cyclic N) is 1. The van der Waals surface area contributed by atoms with Crippen molar-refractivity contribution in [2.24, 2.45) is 17.1 Å². The lowest BCUT2D eigenvalue weighted by Crippen LogP contribution is -2.57. The van der Waals surface area contributed by atoms with E-state index in [1.54, 1.807) is 11.3 Å². The molecule has 1 aliphatic heterocycles. The summed E-state index contributed by atoms with van der Waals surface area (Å²) in [6.45, 7) is 11.4. The highest BCUT2D eigenvalue weighted by Gasteiger charge is 2.44. The molecule has 1 aliphatic rings. The number of likely N-dealkylation sites (tertiary alicyclic amines) is 1. The van der Waals surface area contributed by atoms with Crippen LogP contribution in [0.5, 0.6) is 0 Å². The molecule has 11 nitrogen and oxygen atoms in total. The third-order valence-corrected chi connectivity index (χ3v) is 9.92. The Hall–Kier alpha value is -3.35. The zero-order valence-electron chi connectivity index (χ0n) is 30.0. The first-order valence-corrected chi connectivity index (χ1v) is 18.5. The number of nitrogens with one attached hydrogen (secondary N) is 2. The molecule has 0 radical (unpaired) electrons. The molecule has 0 saturated carbocycles. The van der Waals surface area contributed by atoms with Crippen molar-refractivity contribution < 1.29 is 29.0 Å². The molecule has 272 valence electrons. The minimum Gasteiger partial charge on any atom is -0.391 e. The number of thiazole rings is 1. The van der Waals surface area contributed by atoms with E-state index >= 15 is 0 Å². The number of nitrogens with two attached hydrogens (primary N) is 1. The number of rotatable bonds is 20. The first-order valence-electron chi connectivity index (χ1n) is 17.7. The second kappa shape index (κ2) is 19.7. The fourth-order valence-corrected chi connectivity index (χ4v) is 6.78. The fraction of sp³-hybridized carbons (Fsp3) is 0.649. The number of amides is 4. The maximum Gasteiger partial charge on any atom is 0.246 e. The van der Waals surface area contributed by atoms with E-state index in [2.05, 4.69) is 22.5 Å². The Morgan fingerprint density at radius 1 is 1.06 bits per heavy atom. The van der Waals surface area contributed by atoms with Gasteiger partial charge in [-0.05, 0) is 48.6 Å². The Balaban J connectivity index is 1.40. The number of primary amides is 1. The number of hydrogen-bond acceptors (Lipinski definition) is 8. The molecule has 3 rings (SSSR count). The second-order valence-corrected chi connectivity index (χ2v) is 15.4. The largest absolute Gasteiger partial charge is 0.391 e. The van der Waals surface area contributed by atoms with E-state index in [1.807, 2.05) is 57.5 Å². The number of aliphatic hydroxyl groups excluding tert-OH is 1. The SMILES string of the molecule is Cc1ncsc1-c1ccc(CNC(=O)[C@@H]2C[C@@H](O)CN2C(=O)[C@@H](NC(=O)CCCCCCCCOC[C@@H](C)CCC(N)=O)C(C)(C)C)cc1. The first-order chi connectivity index (χ1) is 23.3. The molecule has 0 spiro atoms. The van der Waals surface area contributed by atoms with Gasteiger partial charge in [-0.3, -0.25) is 19.2 Å². The summed E-state index contributed by atoms with van der Waals surface area (Å²) in [6, 6.07) is 6.28. The monoisotopic (exact) mass is 699 g/mol. The summed E-state index contributed by atoms with van der Waals surface area (Å²) in [4.78, 5) is 57.9. The third kappa shape index (κ3) is 13.5. The van der Waals surface area contributed by atoms with E-state index in [0.29, 0.717) is 38.5 Å². The van der Waals surface area contributed by atoms with Crippen LogP contribution in [0.4, 0.5) is 0 Å². The maximum atomic E-state index is 13.8. The lowest BCUT2D eigenvalue weighted by atomic mass is 9.85. The number of unbranched alkanes of at least 4 members (excludes halogenated alkanes) is 5. The van der Waals surface area contributed by atoms with E-state index in [1.165, 1.54) is 4.90 Å². The molecular formula is C37H57N5O6S. The van der Waals surface area contributed by atoms with Gasteiger partial charge >= 0.3 is 0 Å². The van der Waals surface area contributed by atoms with Crippen LogP contribution in [0, 0.1) is 18.3 Å². The van der Waals surface area contributed by atoms with E-state index in [-0.39, 0.29) is 36.6 Å². The predicted octanol–water partition coefficient (Wildman–Crippen LogP) is 4.88. The molecule has 2 aromatic rings. The van der Waals surface area contributed by atoms with E-state index in [0.717, 1.165) is 66.6 Å². The Bertz CT molecular complexity index is 1360. The molecule has 49 heavy (non-hydrogen) atoms. The lowest BCUT2D eigenvalue weighted by Gasteiger charge is -2.35. The van der Waals surface area contributed by atoms with Gasteiger partial charge in [0.2, 0.25) is 23.6 Å². The normalized spacial score (nSPS) is 17.5. The average Bonchev–Trinajstić information content (AvgIpc) is 3.66. The standard InChI is InChI=1S/C37H57N5O6S/c1-25(13-18-31(38)44)23-48-19-11-9-7-6-8-10-12-32(45)41-34(37(3,4)5)36(47)42-22-29(43)20-30(42)35(46)39-21-27-14-16-28(17-15-27)33-26(2)40-24-49-33/h14-17,24-25,29-30,34,43H,6-13,18-23H2,1-5H3,(H2,38,44)(H,39,46)(H,41,45)/t25-,29+,30-,34+/m0/s1. The lowest BCUT2D eigenvalue weighted by molar-refractivity contribution is -0.144. The molecule has 0 aliphatic carbocycles. The number of nitrogens with zero attached hydrogens (tertiary/aromatic N) is 2. The van der Waals surface area contributed by atoms with Gasteiger partial charge in [-0.15, -0.1) is 11.3 Å². The highest BCUT2D eigenvalue weighted by atomic mass is 32.1. The molecule has 4 amide bonds. The Morgan fingerprint density at radius 3 is 2.37 bits per heavy atom. The van der Waals surface area contributed by atoms with Gasteiger partial charge < -0.3 is 31.1 Å². The van der Waals surface area contributed by atoms with E-state index < -0.39 is 23.6 Å². The molecule has 2 heterocycles. The number of aliphatic hydroxyl groups is 1. The van der Waals surface area contributed by atoms with Crippen LogP contribution < -0.4 is 16.4 Å². The predicted molar refractivity (Wildman–Crippen MR) is 192 cm³/mol. The van der Waals surface area contributed by atoms with Crippen LogP contribution in [0.3, 0.4) is 0 Å². The van der Waals surface area contributed by atoms with Gasteiger partial charge in [-0.2, -0.15) is 0 Å². The number of aromatic nitrogens is 1. The molecule has 4 atom stereocenters. The van der Waals surface area contributed by atoms with Crippen molar-refractivity contribution in [3.63, 3.8) is 0 Å². The van der Waals surface area contributed by atoms with Crippen molar-refractivity contribution in [1.82, 2.24) is 20.5 Å². The van der Waals surface area contributed by atoms with Crippen LogP contribution in [0.1, 0.15) is 103 Å². The molecule has 1 aromatic carbocycles. The van der Waals surface area contributed by atoms with Gasteiger partial charge in [0.15, 0.2) is 0 Å². The summed E-state index contributed by atoms with van der Waals surface area (Å²) < 4.78 is 5.71. The molecule has 5 N–H and O–H groups in total. The molecule has 0 bridgehead atoms. The van der Waals surface area contributed by atoms with Crippen molar-refractivity contribution >= 4 is 35.0 Å². The first kappa shape index (κ1) is 40.1. The minimum absolute atomic E-state index is 0.0433. The summed E-state index contributed by atoms with van der Waals surface area (Å²) in [7, 11) is 0. The summed E-state index contributed by atoms with van der Waals surface area (Å²) in [5.74, 6) is -0.834. The average molecular weight is 700 g/mol. The number of ether oxygens (including phenoxy) is 1. The van der Waals surface area contributed by atoms with Crippen molar-refractivity contribution in [2.75, 3.05) is 19.8 Å². The summed E-state index contributed by atoms with van der Waals surface area (Å²) in [6.07, 6.45) is 6.54. The molecular weight excluding hydrogens is 643 g/mol. The van der Waals surface area contributed by atoms with Gasteiger partial charge in [0.1, 0.15) is 12.1 Å². The van der Waals surface area contributed by atoms with Crippen molar-refractivity contribution in [3.8, 4) is 10.4 Å². The van der Waals surface area contributed by atoms with Crippen molar-refractivity contribution in [3.05, 3.63) is 41.0 Å². The van der Waals surface area contributed by atoms with Gasteiger partial charge in [-0.1, -0.05) is 77.6 Å². The summed E-state index contributed by atoms with van der Waals surface area (Å²) >= 11 is 1.58. The highest BCUT2D eigenvalue weighted by Crippen LogP contribution is 2.28.